The molecule has 2 saturated heterocycles. The topological polar surface area (TPSA) is 81.8 Å². The minimum Gasteiger partial charge on any atom is -0.353 e. The third-order valence-corrected chi connectivity index (χ3v) is 6.78. The molecule has 7 heteroatoms. The number of nitrogens with one attached hydrogen (secondary N) is 2. The molecule has 170 valence electrons. The van der Waals surface area contributed by atoms with Crippen LogP contribution >= 0.6 is 0 Å². The van der Waals surface area contributed by atoms with Gasteiger partial charge < -0.3 is 20.4 Å². The van der Waals surface area contributed by atoms with Gasteiger partial charge in [-0.1, -0.05) is 40.0 Å². The lowest BCUT2D eigenvalue weighted by Gasteiger charge is -2.37. The van der Waals surface area contributed by atoms with Gasteiger partial charge in [-0.25, -0.2) is 4.79 Å². The highest BCUT2D eigenvalue weighted by Gasteiger charge is 2.34. The number of nitrogens with zero attached hydrogens (tertiary/aromatic N) is 2. The minimum absolute atomic E-state index is 0.0512. The first-order valence-electron chi connectivity index (χ1n) is 11.9. The first-order chi connectivity index (χ1) is 14.2. The molecule has 3 fully saturated rings. The fourth-order valence-corrected chi connectivity index (χ4v) is 4.91. The number of likely N-dealkylation sites (tertiary alicyclic amines) is 2. The molecule has 2 N–H and O–H groups in total. The normalized spacial score (nSPS) is 24.4. The molecule has 1 aliphatic carbocycles. The Balaban J connectivity index is 1.41. The van der Waals surface area contributed by atoms with Crippen molar-refractivity contribution in [2.45, 2.75) is 90.6 Å². The van der Waals surface area contributed by atoms with Crippen molar-refractivity contribution >= 4 is 17.8 Å². The molecule has 0 aromatic carbocycles. The molecule has 1 saturated carbocycles. The smallest absolute Gasteiger partial charge is 0.317 e. The molecule has 0 aromatic heterocycles. The summed E-state index contributed by atoms with van der Waals surface area (Å²) in [6, 6.07) is 0.494. The third kappa shape index (κ3) is 6.11. The van der Waals surface area contributed by atoms with Gasteiger partial charge in [-0.3, -0.25) is 9.59 Å². The van der Waals surface area contributed by atoms with Crippen LogP contribution in [-0.2, 0) is 9.59 Å². The predicted octanol–water partition coefficient (Wildman–Crippen LogP) is 2.89. The SMILES string of the molecule is CC(C)(C)C(=O)N1CCCC(C(=O)NC2CCN(C(=O)NC3CCCCC3)CC2)C1. The van der Waals surface area contributed by atoms with Crippen LogP contribution in [0, 0.1) is 11.3 Å². The Morgan fingerprint density at radius 1 is 0.733 bits per heavy atom. The Hall–Kier alpha value is -1.79. The van der Waals surface area contributed by atoms with Crippen molar-refractivity contribution in [3.63, 3.8) is 0 Å². The van der Waals surface area contributed by atoms with Crippen molar-refractivity contribution in [1.29, 1.82) is 0 Å². The van der Waals surface area contributed by atoms with E-state index in [2.05, 4.69) is 10.6 Å². The van der Waals surface area contributed by atoms with E-state index in [0.29, 0.717) is 25.7 Å². The van der Waals surface area contributed by atoms with Gasteiger partial charge in [0.05, 0.1) is 5.92 Å². The Labute approximate surface area is 181 Å². The van der Waals surface area contributed by atoms with Crippen LogP contribution in [0.25, 0.3) is 0 Å². The van der Waals surface area contributed by atoms with E-state index < -0.39 is 5.41 Å². The van der Waals surface area contributed by atoms with Crippen LogP contribution in [0.3, 0.4) is 0 Å². The molecule has 0 radical (unpaired) electrons. The molecule has 0 spiro atoms. The first-order valence-corrected chi connectivity index (χ1v) is 11.9. The number of hydrogen-bond acceptors (Lipinski definition) is 3. The van der Waals surface area contributed by atoms with Gasteiger partial charge in [0.25, 0.3) is 0 Å². The summed E-state index contributed by atoms with van der Waals surface area (Å²) < 4.78 is 0. The second-order valence-electron chi connectivity index (χ2n) is 10.4. The van der Waals surface area contributed by atoms with Crippen LogP contribution in [0.1, 0.15) is 78.6 Å². The number of carbonyl (C=O) groups is 3. The van der Waals surface area contributed by atoms with E-state index in [9.17, 15) is 14.4 Å². The molecule has 4 amide bonds. The molecule has 0 bridgehead atoms. The van der Waals surface area contributed by atoms with Crippen LogP contribution in [0.5, 0.6) is 0 Å². The average molecular weight is 421 g/mol. The molecule has 3 rings (SSSR count). The lowest BCUT2D eigenvalue weighted by atomic mass is 9.90. The van der Waals surface area contributed by atoms with Crippen molar-refractivity contribution in [3.05, 3.63) is 0 Å². The highest BCUT2D eigenvalue weighted by molar-refractivity contribution is 5.84. The largest absolute Gasteiger partial charge is 0.353 e. The van der Waals surface area contributed by atoms with Gasteiger partial charge in [-0.15, -0.1) is 0 Å². The fraction of sp³-hybridized carbons (Fsp3) is 0.870. The quantitative estimate of drug-likeness (QED) is 0.737. The van der Waals surface area contributed by atoms with Gasteiger partial charge in [-0.05, 0) is 38.5 Å². The molecule has 1 unspecified atom stereocenters. The Morgan fingerprint density at radius 2 is 1.37 bits per heavy atom. The summed E-state index contributed by atoms with van der Waals surface area (Å²) in [5.41, 5.74) is -0.413. The van der Waals surface area contributed by atoms with E-state index >= 15 is 0 Å². The first kappa shape index (κ1) is 22.9. The zero-order valence-electron chi connectivity index (χ0n) is 19.0. The number of carbonyl (C=O) groups excluding carboxylic acids is 3. The predicted molar refractivity (Wildman–Crippen MR) is 117 cm³/mol. The molecule has 7 nitrogen and oxygen atoms in total. The number of amides is 4. The van der Waals surface area contributed by atoms with Gasteiger partial charge >= 0.3 is 6.03 Å². The zero-order chi connectivity index (χ0) is 21.7. The van der Waals surface area contributed by atoms with E-state index in [4.69, 9.17) is 0 Å². The molecule has 2 aliphatic heterocycles. The number of urea groups is 1. The van der Waals surface area contributed by atoms with Crippen LogP contribution in [-0.4, -0.2) is 65.9 Å². The molecule has 1 atom stereocenters. The summed E-state index contributed by atoms with van der Waals surface area (Å²) in [7, 11) is 0. The molecular formula is C23H40N4O3. The molecule has 0 aromatic rings. The van der Waals surface area contributed by atoms with Crippen molar-refractivity contribution in [1.82, 2.24) is 20.4 Å². The Morgan fingerprint density at radius 3 is 2.00 bits per heavy atom. The number of hydrogen-bond donors (Lipinski definition) is 2. The summed E-state index contributed by atoms with van der Waals surface area (Å²) in [5, 5.41) is 6.38. The summed E-state index contributed by atoms with van der Waals surface area (Å²) in [5.74, 6) is 0.0569. The zero-order valence-corrected chi connectivity index (χ0v) is 19.0. The van der Waals surface area contributed by atoms with Crippen molar-refractivity contribution < 1.29 is 14.4 Å². The summed E-state index contributed by atoms with van der Waals surface area (Å²) in [6.07, 6.45) is 9.17. The standard InChI is InChI=1S/C23H40N4O3/c1-23(2,3)21(29)27-13-7-8-17(16-27)20(28)24-19-11-14-26(15-12-19)22(30)25-18-9-5-4-6-10-18/h17-19H,4-16H2,1-3H3,(H,24,28)(H,25,30). The highest BCUT2D eigenvalue weighted by atomic mass is 16.2. The van der Waals surface area contributed by atoms with Crippen molar-refractivity contribution in [3.8, 4) is 0 Å². The van der Waals surface area contributed by atoms with Gasteiger partial charge in [0.2, 0.25) is 11.8 Å². The maximum atomic E-state index is 12.8. The number of piperidine rings is 2. The highest BCUT2D eigenvalue weighted by Crippen LogP contribution is 2.24. The molecular weight excluding hydrogens is 380 g/mol. The average Bonchev–Trinajstić information content (AvgIpc) is 2.74. The van der Waals surface area contributed by atoms with Gasteiger partial charge in [0.1, 0.15) is 0 Å². The van der Waals surface area contributed by atoms with Crippen molar-refractivity contribution in [2.75, 3.05) is 26.2 Å². The molecule has 30 heavy (non-hydrogen) atoms. The van der Waals surface area contributed by atoms with Gasteiger partial charge in [-0.2, -0.15) is 0 Å². The van der Waals surface area contributed by atoms with Crippen molar-refractivity contribution in [2.24, 2.45) is 11.3 Å². The summed E-state index contributed by atoms with van der Waals surface area (Å²) in [6.45, 7) is 8.41. The van der Waals surface area contributed by atoms with E-state index in [-0.39, 0.29) is 29.8 Å². The van der Waals surface area contributed by atoms with Crippen LogP contribution in [0.15, 0.2) is 0 Å². The maximum Gasteiger partial charge on any atom is 0.317 e. The van der Waals surface area contributed by atoms with E-state index in [1.54, 1.807) is 0 Å². The summed E-state index contributed by atoms with van der Waals surface area (Å²) >= 11 is 0. The second kappa shape index (κ2) is 10.0. The lowest BCUT2D eigenvalue weighted by molar-refractivity contribution is -0.143. The maximum absolute atomic E-state index is 12.8. The van der Waals surface area contributed by atoms with Gasteiger partial charge in [0.15, 0.2) is 0 Å². The lowest BCUT2D eigenvalue weighted by Crippen LogP contribution is -2.53. The molecule has 3 aliphatic rings. The second-order valence-corrected chi connectivity index (χ2v) is 10.4. The fourth-order valence-electron chi connectivity index (χ4n) is 4.91. The minimum atomic E-state index is -0.413. The third-order valence-electron chi connectivity index (χ3n) is 6.78. The molecule has 2 heterocycles. The Kier molecular flexibility index (Phi) is 7.64. The van der Waals surface area contributed by atoms with Gasteiger partial charge in [0, 0.05) is 43.7 Å². The van der Waals surface area contributed by atoms with E-state index in [0.717, 1.165) is 45.1 Å². The van der Waals surface area contributed by atoms with E-state index in [1.807, 2.05) is 30.6 Å². The Bertz CT molecular complexity index is 616. The number of rotatable bonds is 3. The van der Waals surface area contributed by atoms with E-state index in [1.165, 1.54) is 19.3 Å². The van der Waals surface area contributed by atoms with Crippen LogP contribution < -0.4 is 10.6 Å². The van der Waals surface area contributed by atoms with Crippen LogP contribution in [0.2, 0.25) is 0 Å². The van der Waals surface area contributed by atoms with Crippen LogP contribution in [0.4, 0.5) is 4.79 Å². The monoisotopic (exact) mass is 420 g/mol. The summed E-state index contributed by atoms with van der Waals surface area (Å²) in [4.78, 5) is 41.6.